The molecule has 0 saturated heterocycles. The van der Waals surface area contributed by atoms with Crippen LogP contribution in [0.15, 0.2) is 42.5 Å². The van der Waals surface area contributed by atoms with Crippen molar-refractivity contribution in [3.63, 3.8) is 0 Å². The zero-order valence-electron chi connectivity index (χ0n) is 13.7. The molecule has 2 aromatic rings. The third-order valence-electron chi connectivity index (χ3n) is 4.30. The van der Waals surface area contributed by atoms with Gasteiger partial charge < -0.3 is 14.4 Å². The molecular formula is C19H21NO3. The second kappa shape index (κ2) is 6.32. The van der Waals surface area contributed by atoms with Gasteiger partial charge in [0, 0.05) is 12.7 Å². The van der Waals surface area contributed by atoms with E-state index in [2.05, 4.69) is 0 Å². The number of fused-ring (bicyclic) bond motifs is 1. The highest BCUT2D eigenvalue weighted by atomic mass is 16.5. The average molecular weight is 311 g/mol. The van der Waals surface area contributed by atoms with Crippen molar-refractivity contribution >= 4 is 11.6 Å². The first-order valence-electron chi connectivity index (χ1n) is 7.82. The first kappa shape index (κ1) is 15.4. The van der Waals surface area contributed by atoms with Gasteiger partial charge in [-0.05, 0) is 36.6 Å². The highest BCUT2D eigenvalue weighted by Gasteiger charge is 2.35. The lowest BCUT2D eigenvalue weighted by Crippen LogP contribution is -2.25. The summed E-state index contributed by atoms with van der Waals surface area (Å²) in [6, 6.07) is 13.8. The van der Waals surface area contributed by atoms with Gasteiger partial charge in [-0.2, -0.15) is 0 Å². The number of methoxy groups -OCH3 is 1. The molecule has 0 spiro atoms. The molecule has 0 saturated carbocycles. The molecule has 23 heavy (non-hydrogen) atoms. The van der Waals surface area contributed by atoms with E-state index in [1.165, 1.54) is 0 Å². The monoisotopic (exact) mass is 311 g/mol. The number of rotatable bonds is 5. The van der Waals surface area contributed by atoms with Crippen LogP contribution in [-0.4, -0.2) is 26.7 Å². The summed E-state index contributed by atoms with van der Waals surface area (Å²) < 4.78 is 11.2. The highest BCUT2D eigenvalue weighted by molar-refractivity contribution is 6.04. The Morgan fingerprint density at radius 2 is 1.91 bits per heavy atom. The van der Waals surface area contributed by atoms with Gasteiger partial charge in [0.1, 0.15) is 0 Å². The van der Waals surface area contributed by atoms with Gasteiger partial charge in [-0.15, -0.1) is 0 Å². The Labute approximate surface area is 136 Å². The topological polar surface area (TPSA) is 38.8 Å². The number of amides is 1. The Morgan fingerprint density at radius 1 is 1.13 bits per heavy atom. The minimum absolute atomic E-state index is 0.122. The molecule has 0 aliphatic carbocycles. The molecule has 0 radical (unpaired) electrons. The Kier molecular flexibility index (Phi) is 4.24. The molecule has 4 nitrogen and oxygen atoms in total. The molecular weight excluding hydrogens is 290 g/mol. The number of carbonyl (C=O) groups is 1. The molecule has 4 heteroatoms. The van der Waals surface area contributed by atoms with Crippen molar-refractivity contribution in [1.82, 2.24) is 0 Å². The second-order valence-corrected chi connectivity index (χ2v) is 5.59. The van der Waals surface area contributed by atoms with E-state index in [1.54, 1.807) is 12.0 Å². The van der Waals surface area contributed by atoms with Crippen molar-refractivity contribution in [2.75, 3.05) is 25.7 Å². The summed E-state index contributed by atoms with van der Waals surface area (Å²) in [6.07, 6.45) is 0.604. The second-order valence-electron chi connectivity index (χ2n) is 5.59. The minimum Gasteiger partial charge on any atom is -0.493 e. The van der Waals surface area contributed by atoms with Crippen LogP contribution in [0.5, 0.6) is 11.5 Å². The molecule has 0 N–H and O–H groups in total. The lowest BCUT2D eigenvalue weighted by atomic mass is 9.92. The summed E-state index contributed by atoms with van der Waals surface area (Å²) in [6.45, 7) is 2.50. The molecule has 1 atom stereocenters. The van der Waals surface area contributed by atoms with E-state index < -0.39 is 0 Å². The SMILES string of the molecule is CCOc1c(C[C@H]2C(=O)N(C)c3ccccc32)cccc1OC. The number of anilines is 1. The van der Waals surface area contributed by atoms with Crippen LogP contribution in [-0.2, 0) is 11.2 Å². The van der Waals surface area contributed by atoms with Gasteiger partial charge in [-0.25, -0.2) is 0 Å². The van der Waals surface area contributed by atoms with Crippen LogP contribution in [0.2, 0.25) is 0 Å². The standard InChI is InChI=1S/C19H21NO3/c1-4-23-18-13(8-7-11-17(18)22-3)12-15-14-9-5-6-10-16(14)20(2)19(15)21/h5-11,15H,4,12H2,1-3H3/t15-/m1/s1. The van der Waals surface area contributed by atoms with Gasteiger partial charge in [0.15, 0.2) is 11.5 Å². The number of para-hydroxylation sites is 2. The summed E-state index contributed by atoms with van der Waals surface area (Å²) >= 11 is 0. The van der Waals surface area contributed by atoms with E-state index in [9.17, 15) is 4.79 Å². The summed E-state index contributed by atoms with van der Waals surface area (Å²) in [4.78, 5) is 14.4. The van der Waals surface area contributed by atoms with E-state index in [4.69, 9.17) is 9.47 Å². The zero-order chi connectivity index (χ0) is 16.4. The molecule has 3 rings (SSSR count). The van der Waals surface area contributed by atoms with E-state index in [-0.39, 0.29) is 11.8 Å². The molecule has 2 aromatic carbocycles. The number of likely N-dealkylation sites (N-methyl/N-ethyl adjacent to an activating group) is 1. The number of ether oxygens (including phenoxy) is 2. The number of nitrogens with zero attached hydrogens (tertiary/aromatic N) is 1. The fourth-order valence-corrected chi connectivity index (χ4v) is 3.18. The fourth-order valence-electron chi connectivity index (χ4n) is 3.18. The first-order valence-corrected chi connectivity index (χ1v) is 7.82. The van der Waals surface area contributed by atoms with Gasteiger partial charge >= 0.3 is 0 Å². The Balaban J connectivity index is 1.98. The van der Waals surface area contributed by atoms with Gasteiger partial charge in [0.2, 0.25) is 5.91 Å². The smallest absolute Gasteiger partial charge is 0.234 e. The third-order valence-corrected chi connectivity index (χ3v) is 4.30. The van der Waals surface area contributed by atoms with Crippen molar-refractivity contribution in [3.8, 4) is 11.5 Å². The first-order chi connectivity index (χ1) is 11.2. The molecule has 1 heterocycles. The number of benzene rings is 2. The normalized spacial score (nSPS) is 16.4. The summed E-state index contributed by atoms with van der Waals surface area (Å²) in [5.74, 6) is 1.38. The predicted molar refractivity (Wildman–Crippen MR) is 90.5 cm³/mol. The van der Waals surface area contributed by atoms with Crippen LogP contribution < -0.4 is 14.4 Å². The van der Waals surface area contributed by atoms with Crippen molar-refractivity contribution in [3.05, 3.63) is 53.6 Å². The third kappa shape index (κ3) is 2.65. The quantitative estimate of drug-likeness (QED) is 0.849. The molecule has 1 aliphatic rings. The summed E-state index contributed by atoms with van der Waals surface area (Å²) in [5, 5.41) is 0. The Bertz CT molecular complexity index is 726. The fraction of sp³-hybridized carbons (Fsp3) is 0.316. The molecule has 0 bridgehead atoms. The summed E-state index contributed by atoms with van der Waals surface area (Å²) in [5.41, 5.74) is 3.06. The summed E-state index contributed by atoms with van der Waals surface area (Å²) in [7, 11) is 3.46. The maximum absolute atomic E-state index is 12.6. The maximum atomic E-state index is 12.6. The van der Waals surface area contributed by atoms with Crippen LogP contribution in [0.4, 0.5) is 5.69 Å². The van der Waals surface area contributed by atoms with Gasteiger partial charge in [-0.3, -0.25) is 4.79 Å². The minimum atomic E-state index is -0.178. The van der Waals surface area contributed by atoms with E-state index in [0.717, 1.165) is 22.6 Å². The van der Waals surface area contributed by atoms with Gasteiger partial charge in [0.25, 0.3) is 0 Å². The van der Waals surface area contributed by atoms with Gasteiger partial charge in [-0.1, -0.05) is 30.3 Å². The van der Waals surface area contributed by atoms with Gasteiger partial charge in [0.05, 0.1) is 19.6 Å². The lowest BCUT2D eigenvalue weighted by molar-refractivity contribution is -0.119. The molecule has 0 fully saturated rings. The zero-order valence-corrected chi connectivity index (χ0v) is 13.7. The van der Waals surface area contributed by atoms with E-state index >= 15 is 0 Å². The molecule has 0 aromatic heterocycles. The highest BCUT2D eigenvalue weighted by Crippen LogP contribution is 2.41. The average Bonchev–Trinajstić information content (AvgIpc) is 2.82. The van der Waals surface area contributed by atoms with E-state index in [0.29, 0.717) is 18.8 Å². The molecule has 1 aliphatic heterocycles. The van der Waals surface area contributed by atoms with Crippen LogP contribution in [0, 0.1) is 0 Å². The van der Waals surface area contributed by atoms with Crippen LogP contribution in [0.1, 0.15) is 24.0 Å². The Hall–Kier alpha value is -2.49. The molecule has 120 valence electrons. The number of hydrogen-bond donors (Lipinski definition) is 0. The Morgan fingerprint density at radius 3 is 2.65 bits per heavy atom. The predicted octanol–water partition coefficient (Wildman–Crippen LogP) is 3.40. The number of hydrogen-bond acceptors (Lipinski definition) is 3. The van der Waals surface area contributed by atoms with Crippen molar-refractivity contribution < 1.29 is 14.3 Å². The maximum Gasteiger partial charge on any atom is 0.234 e. The molecule has 1 amide bonds. The van der Waals surface area contributed by atoms with Crippen molar-refractivity contribution in [2.24, 2.45) is 0 Å². The largest absolute Gasteiger partial charge is 0.493 e. The van der Waals surface area contributed by atoms with Crippen LogP contribution in [0.25, 0.3) is 0 Å². The van der Waals surface area contributed by atoms with Crippen LogP contribution in [0.3, 0.4) is 0 Å². The molecule has 0 unspecified atom stereocenters. The lowest BCUT2D eigenvalue weighted by Gasteiger charge is -2.16. The van der Waals surface area contributed by atoms with Crippen LogP contribution >= 0.6 is 0 Å². The van der Waals surface area contributed by atoms with Crippen molar-refractivity contribution in [1.29, 1.82) is 0 Å². The number of carbonyl (C=O) groups excluding carboxylic acids is 1. The van der Waals surface area contributed by atoms with Crippen molar-refractivity contribution in [2.45, 2.75) is 19.3 Å². The van der Waals surface area contributed by atoms with E-state index in [1.807, 2.05) is 56.4 Å².